The molecule has 3 aliphatic rings. The number of aromatic nitrogens is 3. The maximum Gasteiger partial charge on any atom is 0.325 e. The molecule has 2 aromatic heterocycles. The molecule has 2 saturated heterocycles. The molecule has 2 aromatic rings. The number of likely N-dealkylation sites (tertiary alicyclic amines) is 2. The molecule has 0 aliphatic carbocycles. The summed E-state index contributed by atoms with van der Waals surface area (Å²) in [5.41, 5.74) is 2.92. The van der Waals surface area contributed by atoms with Crippen molar-refractivity contribution in [2.24, 2.45) is 18.9 Å². The number of hydrogen-bond donors (Lipinski definition) is 0. The molecule has 0 N–H and O–H groups in total. The summed E-state index contributed by atoms with van der Waals surface area (Å²) in [5, 5.41) is 4.23. The van der Waals surface area contributed by atoms with E-state index in [-0.39, 0.29) is 11.9 Å². The molecule has 5 heterocycles. The number of hydrogen-bond acceptors (Lipinski definition) is 4. The van der Waals surface area contributed by atoms with Gasteiger partial charge in [-0.05, 0) is 24.5 Å². The molecule has 3 amide bonds. The first-order valence-electron chi connectivity index (χ1n) is 10.3. The highest BCUT2D eigenvalue weighted by Gasteiger charge is 2.43. The van der Waals surface area contributed by atoms with Crippen LogP contribution in [0.1, 0.15) is 18.9 Å². The Balaban J connectivity index is 1.37. The monoisotopic (exact) mass is 394 g/mol. The number of nitrogens with zero attached hydrogens (tertiary/aromatic N) is 6. The fourth-order valence-electron chi connectivity index (χ4n) is 4.92. The van der Waals surface area contributed by atoms with E-state index in [4.69, 9.17) is 4.98 Å². The highest BCUT2D eigenvalue weighted by molar-refractivity contribution is 5.93. The lowest BCUT2D eigenvalue weighted by atomic mass is 10.0. The number of pyridine rings is 1. The number of rotatable bonds is 1. The van der Waals surface area contributed by atoms with Gasteiger partial charge in [0.05, 0.1) is 11.9 Å². The predicted molar refractivity (Wildman–Crippen MR) is 108 cm³/mol. The minimum atomic E-state index is 0.0468. The van der Waals surface area contributed by atoms with Gasteiger partial charge in [0.15, 0.2) is 0 Å². The highest BCUT2D eigenvalue weighted by Crippen LogP contribution is 2.34. The van der Waals surface area contributed by atoms with Crippen LogP contribution < -0.4 is 4.90 Å². The first-order valence-corrected chi connectivity index (χ1v) is 10.3. The molecule has 0 bridgehead atoms. The third-order valence-corrected chi connectivity index (χ3v) is 6.47. The van der Waals surface area contributed by atoms with E-state index < -0.39 is 0 Å². The zero-order chi connectivity index (χ0) is 20.1. The molecular formula is C21H26N6O2. The lowest BCUT2D eigenvalue weighted by Gasteiger charge is -2.32. The van der Waals surface area contributed by atoms with Crippen LogP contribution in [0, 0.1) is 11.8 Å². The Morgan fingerprint density at radius 1 is 1.07 bits per heavy atom. The molecule has 0 saturated carbocycles. The number of amides is 3. The minimum absolute atomic E-state index is 0.0468. The van der Waals surface area contributed by atoms with Crippen molar-refractivity contribution in [3.63, 3.8) is 0 Å². The van der Waals surface area contributed by atoms with E-state index in [0.717, 1.165) is 61.7 Å². The molecule has 2 atom stereocenters. The lowest BCUT2D eigenvalue weighted by molar-refractivity contribution is -0.128. The van der Waals surface area contributed by atoms with Crippen molar-refractivity contribution in [2.45, 2.75) is 19.8 Å². The molecule has 0 unspecified atom stereocenters. The van der Waals surface area contributed by atoms with Gasteiger partial charge >= 0.3 is 6.03 Å². The molecule has 5 rings (SSSR count). The van der Waals surface area contributed by atoms with E-state index in [2.05, 4.69) is 11.2 Å². The fraction of sp³-hybridized carbons (Fsp3) is 0.524. The SMILES string of the molecule is CC(=O)N1C[C@@H]2CN(C(=O)N3CCCc4ccc(-c5cnn(C)c5)nc43)C[C@@H]2C1. The molecule has 8 nitrogen and oxygen atoms in total. The van der Waals surface area contributed by atoms with Crippen molar-refractivity contribution in [3.05, 3.63) is 30.1 Å². The van der Waals surface area contributed by atoms with Crippen molar-refractivity contribution in [1.82, 2.24) is 24.6 Å². The van der Waals surface area contributed by atoms with E-state index in [1.807, 2.05) is 34.0 Å². The van der Waals surface area contributed by atoms with Gasteiger partial charge in [0, 0.05) is 70.3 Å². The van der Waals surface area contributed by atoms with Crippen LogP contribution in [0.4, 0.5) is 10.6 Å². The summed E-state index contributed by atoms with van der Waals surface area (Å²) in [7, 11) is 1.88. The van der Waals surface area contributed by atoms with Crippen LogP contribution in [0.25, 0.3) is 11.3 Å². The Morgan fingerprint density at radius 3 is 2.45 bits per heavy atom. The van der Waals surface area contributed by atoms with Crippen molar-refractivity contribution in [2.75, 3.05) is 37.6 Å². The van der Waals surface area contributed by atoms with Crippen LogP contribution in [0.15, 0.2) is 24.5 Å². The topological polar surface area (TPSA) is 74.6 Å². The lowest BCUT2D eigenvalue weighted by Crippen LogP contribution is -2.46. The van der Waals surface area contributed by atoms with Gasteiger partial charge in [-0.2, -0.15) is 5.10 Å². The molecule has 29 heavy (non-hydrogen) atoms. The van der Waals surface area contributed by atoms with Crippen LogP contribution in [-0.4, -0.2) is 69.2 Å². The fourth-order valence-corrected chi connectivity index (χ4v) is 4.92. The van der Waals surface area contributed by atoms with Gasteiger partial charge in [0.25, 0.3) is 0 Å². The standard InChI is InChI=1S/C21H26N6O2/c1-14(28)25-10-17-12-26(13-18(17)11-25)21(29)27-7-3-4-15-5-6-19(23-20(15)27)16-8-22-24(2)9-16/h5-6,8-9,17-18H,3-4,7,10-13H2,1-2H3/t17-,18+. The van der Waals surface area contributed by atoms with Crippen molar-refractivity contribution in [3.8, 4) is 11.3 Å². The molecule has 0 radical (unpaired) electrons. The quantitative estimate of drug-likeness (QED) is 0.739. The summed E-state index contributed by atoms with van der Waals surface area (Å²) in [6, 6.07) is 4.15. The van der Waals surface area contributed by atoms with Gasteiger partial charge in [-0.25, -0.2) is 9.78 Å². The van der Waals surface area contributed by atoms with Gasteiger partial charge in [-0.3, -0.25) is 14.4 Å². The smallest absolute Gasteiger partial charge is 0.325 e. The molecular weight excluding hydrogens is 368 g/mol. The summed E-state index contributed by atoms with van der Waals surface area (Å²) < 4.78 is 1.76. The minimum Gasteiger partial charge on any atom is -0.342 e. The second kappa shape index (κ2) is 6.86. The number of aryl methyl sites for hydroxylation is 2. The largest absolute Gasteiger partial charge is 0.342 e. The Bertz CT molecular complexity index is 956. The zero-order valence-electron chi connectivity index (χ0n) is 16.9. The second-order valence-corrected chi connectivity index (χ2v) is 8.47. The molecule has 2 fully saturated rings. The normalized spacial score (nSPS) is 23.3. The Labute approximate surface area is 170 Å². The number of urea groups is 1. The average Bonchev–Trinajstić information content (AvgIpc) is 3.41. The molecule has 3 aliphatic heterocycles. The number of carbonyl (C=O) groups excluding carboxylic acids is 2. The first-order chi connectivity index (χ1) is 14.0. The van der Waals surface area contributed by atoms with Crippen LogP contribution in [0.5, 0.6) is 0 Å². The van der Waals surface area contributed by atoms with Gasteiger partial charge in [0.2, 0.25) is 5.91 Å². The molecule has 152 valence electrons. The summed E-state index contributed by atoms with van der Waals surface area (Å²) >= 11 is 0. The van der Waals surface area contributed by atoms with Gasteiger partial charge in [-0.1, -0.05) is 6.07 Å². The van der Waals surface area contributed by atoms with E-state index in [0.29, 0.717) is 18.4 Å². The van der Waals surface area contributed by atoms with Crippen molar-refractivity contribution < 1.29 is 9.59 Å². The highest BCUT2D eigenvalue weighted by atomic mass is 16.2. The van der Waals surface area contributed by atoms with E-state index in [9.17, 15) is 9.59 Å². The second-order valence-electron chi connectivity index (χ2n) is 8.47. The maximum absolute atomic E-state index is 13.4. The first kappa shape index (κ1) is 18.1. The molecule has 0 spiro atoms. The van der Waals surface area contributed by atoms with E-state index >= 15 is 0 Å². The Morgan fingerprint density at radius 2 is 1.79 bits per heavy atom. The van der Waals surface area contributed by atoms with Crippen LogP contribution in [-0.2, 0) is 18.3 Å². The third-order valence-electron chi connectivity index (χ3n) is 6.47. The summed E-state index contributed by atoms with van der Waals surface area (Å²) in [5.74, 6) is 1.70. The Kier molecular flexibility index (Phi) is 4.29. The van der Waals surface area contributed by atoms with Gasteiger partial charge in [0.1, 0.15) is 5.82 Å². The van der Waals surface area contributed by atoms with Crippen LogP contribution in [0.3, 0.4) is 0 Å². The van der Waals surface area contributed by atoms with Crippen LogP contribution in [0.2, 0.25) is 0 Å². The predicted octanol–water partition coefficient (Wildman–Crippen LogP) is 1.76. The van der Waals surface area contributed by atoms with Crippen LogP contribution >= 0.6 is 0 Å². The number of carbonyl (C=O) groups is 2. The number of fused-ring (bicyclic) bond motifs is 2. The molecule has 8 heteroatoms. The zero-order valence-corrected chi connectivity index (χ0v) is 16.9. The van der Waals surface area contributed by atoms with Gasteiger partial charge < -0.3 is 9.80 Å². The average molecular weight is 394 g/mol. The van der Waals surface area contributed by atoms with E-state index in [1.54, 1.807) is 17.8 Å². The number of anilines is 1. The summed E-state index contributed by atoms with van der Waals surface area (Å²) in [4.78, 5) is 35.6. The summed E-state index contributed by atoms with van der Waals surface area (Å²) in [6.07, 6.45) is 5.63. The maximum atomic E-state index is 13.4. The van der Waals surface area contributed by atoms with Gasteiger partial charge in [-0.15, -0.1) is 0 Å². The van der Waals surface area contributed by atoms with E-state index in [1.165, 1.54) is 0 Å². The van der Waals surface area contributed by atoms with Crippen molar-refractivity contribution >= 4 is 17.8 Å². The summed E-state index contributed by atoms with van der Waals surface area (Å²) in [6.45, 7) is 5.30. The third kappa shape index (κ3) is 3.16. The van der Waals surface area contributed by atoms with Crippen molar-refractivity contribution in [1.29, 1.82) is 0 Å². The Hall–Kier alpha value is -2.90. The molecule has 0 aromatic carbocycles.